The number of nitrogens with two attached hydrogens (primary N) is 1. The van der Waals surface area contributed by atoms with E-state index in [0.29, 0.717) is 5.92 Å². The Morgan fingerprint density at radius 3 is 2.65 bits per heavy atom. The van der Waals surface area contributed by atoms with Crippen LogP contribution in [-0.4, -0.2) is 7.11 Å². The fourth-order valence-electron chi connectivity index (χ4n) is 2.87. The van der Waals surface area contributed by atoms with E-state index in [-0.39, 0.29) is 6.04 Å². The molecule has 2 nitrogen and oxygen atoms in total. The number of hydrogen-bond acceptors (Lipinski definition) is 2. The first-order chi connectivity index (χ1) is 8.22. The molecule has 0 bridgehead atoms. The Balaban J connectivity index is 2.36. The van der Waals surface area contributed by atoms with Crippen molar-refractivity contribution in [2.24, 2.45) is 11.7 Å². The van der Waals surface area contributed by atoms with Gasteiger partial charge in [-0.05, 0) is 34.9 Å². The topological polar surface area (TPSA) is 35.2 Å². The van der Waals surface area contributed by atoms with Gasteiger partial charge in [-0.3, -0.25) is 0 Å². The van der Waals surface area contributed by atoms with Crippen LogP contribution in [0.2, 0.25) is 0 Å². The van der Waals surface area contributed by atoms with Crippen LogP contribution < -0.4 is 10.5 Å². The van der Waals surface area contributed by atoms with E-state index in [2.05, 4.69) is 37.3 Å². The molecule has 1 aliphatic carbocycles. The Morgan fingerprint density at radius 2 is 1.94 bits per heavy atom. The summed E-state index contributed by atoms with van der Waals surface area (Å²) in [7, 11) is 1.72. The maximum absolute atomic E-state index is 6.25. The minimum atomic E-state index is 0.142. The van der Waals surface area contributed by atoms with Crippen LogP contribution in [0.1, 0.15) is 24.1 Å². The second-order valence-corrected chi connectivity index (χ2v) is 4.90. The van der Waals surface area contributed by atoms with Crippen molar-refractivity contribution in [2.45, 2.75) is 19.4 Å². The van der Waals surface area contributed by atoms with Gasteiger partial charge in [-0.1, -0.05) is 31.2 Å². The molecule has 0 amide bonds. The number of fused-ring (bicyclic) bond motifs is 3. The molecule has 0 saturated carbocycles. The molecule has 0 aliphatic heterocycles. The molecule has 0 heterocycles. The average Bonchev–Trinajstić information content (AvgIpc) is 2.65. The monoisotopic (exact) mass is 227 g/mol. The molecular weight excluding hydrogens is 210 g/mol. The van der Waals surface area contributed by atoms with Crippen LogP contribution in [0.3, 0.4) is 0 Å². The highest BCUT2D eigenvalue weighted by Crippen LogP contribution is 2.42. The third kappa shape index (κ3) is 1.44. The Morgan fingerprint density at radius 1 is 1.24 bits per heavy atom. The molecule has 3 rings (SSSR count). The van der Waals surface area contributed by atoms with Crippen molar-refractivity contribution in [3.63, 3.8) is 0 Å². The van der Waals surface area contributed by atoms with Gasteiger partial charge in [0.2, 0.25) is 0 Å². The van der Waals surface area contributed by atoms with Gasteiger partial charge in [-0.2, -0.15) is 0 Å². The van der Waals surface area contributed by atoms with Gasteiger partial charge in [0.25, 0.3) is 0 Å². The highest BCUT2D eigenvalue weighted by molar-refractivity contribution is 5.92. The number of methoxy groups -OCH3 is 1. The normalized spacial score (nSPS) is 22.8. The average molecular weight is 227 g/mol. The lowest BCUT2D eigenvalue weighted by molar-refractivity contribution is 0.418. The minimum Gasteiger partial charge on any atom is -0.496 e. The van der Waals surface area contributed by atoms with Gasteiger partial charge in [0.05, 0.1) is 7.11 Å². The molecule has 17 heavy (non-hydrogen) atoms. The van der Waals surface area contributed by atoms with Crippen molar-refractivity contribution in [1.82, 2.24) is 0 Å². The predicted molar refractivity (Wildman–Crippen MR) is 70.3 cm³/mol. The SMILES string of the molecule is COc1cc2c(c3ccccc13)CC(C)C2N. The lowest BCUT2D eigenvalue weighted by Gasteiger charge is -2.13. The van der Waals surface area contributed by atoms with Crippen LogP contribution >= 0.6 is 0 Å². The van der Waals surface area contributed by atoms with Gasteiger partial charge in [0.1, 0.15) is 5.75 Å². The Bertz CT molecular complexity index is 576. The zero-order chi connectivity index (χ0) is 12.0. The van der Waals surface area contributed by atoms with Crippen LogP contribution in [0.5, 0.6) is 5.75 Å². The molecule has 2 N–H and O–H groups in total. The van der Waals surface area contributed by atoms with Gasteiger partial charge in [0.15, 0.2) is 0 Å². The number of rotatable bonds is 1. The van der Waals surface area contributed by atoms with Gasteiger partial charge in [0, 0.05) is 11.4 Å². The van der Waals surface area contributed by atoms with Gasteiger partial charge < -0.3 is 10.5 Å². The molecule has 0 aromatic heterocycles. The van der Waals surface area contributed by atoms with E-state index >= 15 is 0 Å². The molecule has 0 radical (unpaired) electrons. The summed E-state index contributed by atoms with van der Waals surface area (Å²) in [6.45, 7) is 2.21. The second kappa shape index (κ2) is 3.74. The summed E-state index contributed by atoms with van der Waals surface area (Å²) >= 11 is 0. The van der Waals surface area contributed by atoms with Crippen molar-refractivity contribution in [3.05, 3.63) is 41.5 Å². The summed E-state index contributed by atoms with van der Waals surface area (Å²) in [5.41, 5.74) is 8.91. The predicted octanol–water partition coefficient (Wildman–Crippen LogP) is 3.04. The van der Waals surface area contributed by atoms with E-state index in [1.807, 2.05) is 0 Å². The summed E-state index contributed by atoms with van der Waals surface area (Å²) in [6.07, 6.45) is 1.07. The fourth-order valence-corrected chi connectivity index (χ4v) is 2.87. The number of hydrogen-bond donors (Lipinski definition) is 1. The molecular formula is C15H17NO. The molecule has 2 aromatic carbocycles. The number of ether oxygens (including phenoxy) is 1. The van der Waals surface area contributed by atoms with E-state index < -0.39 is 0 Å². The third-order valence-electron chi connectivity index (χ3n) is 3.87. The first-order valence-corrected chi connectivity index (χ1v) is 6.06. The minimum absolute atomic E-state index is 0.142. The van der Waals surface area contributed by atoms with E-state index in [4.69, 9.17) is 10.5 Å². The van der Waals surface area contributed by atoms with Gasteiger partial charge >= 0.3 is 0 Å². The summed E-state index contributed by atoms with van der Waals surface area (Å²) in [6, 6.07) is 10.7. The largest absolute Gasteiger partial charge is 0.496 e. The van der Waals surface area contributed by atoms with Crippen molar-refractivity contribution in [2.75, 3.05) is 7.11 Å². The van der Waals surface area contributed by atoms with Crippen LogP contribution in [-0.2, 0) is 6.42 Å². The first kappa shape index (κ1) is 10.6. The highest BCUT2D eigenvalue weighted by atomic mass is 16.5. The summed E-state index contributed by atoms with van der Waals surface area (Å²) in [5.74, 6) is 1.45. The molecule has 1 aliphatic rings. The highest BCUT2D eigenvalue weighted by Gasteiger charge is 2.28. The van der Waals surface area contributed by atoms with Crippen LogP contribution in [0.15, 0.2) is 30.3 Å². The Hall–Kier alpha value is -1.54. The molecule has 2 aromatic rings. The zero-order valence-corrected chi connectivity index (χ0v) is 10.2. The van der Waals surface area contributed by atoms with Gasteiger partial charge in [-0.15, -0.1) is 0 Å². The van der Waals surface area contributed by atoms with Crippen molar-refractivity contribution in [3.8, 4) is 5.75 Å². The summed E-state index contributed by atoms with van der Waals surface area (Å²) in [5, 5.41) is 2.48. The van der Waals surface area contributed by atoms with E-state index in [1.54, 1.807) is 7.11 Å². The summed E-state index contributed by atoms with van der Waals surface area (Å²) in [4.78, 5) is 0. The third-order valence-corrected chi connectivity index (χ3v) is 3.87. The lowest BCUT2D eigenvalue weighted by atomic mass is 9.99. The summed E-state index contributed by atoms with van der Waals surface area (Å²) < 4.78 is 5.48. The molecule has 0 saturated heterocycles. The molecule has 2 unspecified atom stereocenters. The number of benzene rings is 2. The standard InChI is InChI=1S/C15H17NO/c1-9-7-12-10-5-3-4-6-11(10)14(17-2)8-13(12)15(9)16/h3-6,8-9,15H,7,16H2,1-2H3. The van der Waals surface area contributed by atoms with Crippen LogP contribution in [0.4, 0.5) is 0 Å². The van der Waals surface area contributed by atoms with Crippen molar-refractivity contribution in [1.29, 1.82) is 0 Å². The van der Waals surface area contributed by atoms with Crippen molar-refractivity contribution < 1.29 is 4.74 Å². The molecule has 88 valence electrons. The first-order valence-electron chi connectivity index (χ1n) is 6.06. The van der Waals surface area contributed by atoms with E-state index in [1.165, 1.54) is 21.9 Å². The van der Waals surface area contributed by atoms with Gasteiger partial charge in [-0.25, -0.2) is 0 Å². The van der Waals surface area contributed by atoms with Crippen LogP contribution in [0.25, 0.3) is 10.8 Å². The maximum atomic E-state index is 6.25. The lowest BCUT2D eigenvalue weighted by Crippen LogP contribution is -2.13. The van der Waals surface area contributed by atoms with E-state index in [9.17, 15) is 0 Å². The van der Waals surface area contributed by atoms with Crippen LogP contribution in [0, 0.1) is 5.92 Å². The zero-order valence-electron chi connectivity index (χ0n) is 10.2. The Kier molecular flexibility index (Phi) is 2.33. The smallest absolute Gasteiger partial charge is 0.127 e. The molecule has 0 spiro atoms. The van der Waals surface area contributed by atoms with E-state index in [0.717, 1.165) is 12.2 Å². The fraction of sp³-hybridized carbons (Fsp3) is 0.333. The molecule has 2 atom stereocenters. The van der Waals surface area contributed by atoms with Crippen molar-refractivity contribution >= 4 is 10.8 Å². The Labute approximate surface area is 101 Å². The molecule has 2 heteroatoms. The second-order valence-electron chi connectivity index (χ2n) is 4.90. The maximum Gasteiger partial charge on any atom is 0.127 e. The quantitative estimate of drug-likeness (QED) is 0.812. The molecule has 0 fully saturated rings.